The van der Waals surface area contributed by atoms with Crippen molar-refractivity contribution in [3.05, 3.63) is 29.8 Å². The van der Waals surface area contributed by atoms with Gasteiger partial charge in [-0.2, -0.15) is 0 Å². The second-order valence-electron chi connectivity index (χ2n) is 7.56. The lowest BCUT2D eigenvalue weighted by Crippen LogP contribution is -2.46. The van der Waals surface area contributed by atoms with Crippen molar-refractivity contribution in [3.8, 4) is 5.75 Å². The van der Waals surface area contributed by atoms with Crippen molar-refractivity contribution in [1.29, 1.82) is 0 Å². The number of carbonyl (C=O) groups is 2. The molecule has 2 N–H and O–H groups in total. The molecule has 0 saturated carbocycles. The van der Waals surface area contributed by atoms with E-state index in [4.69, 9.17) is 4.74 Å². The molecule has 6 nitrogen and oxygen atoms in total. The summed E-state index contributed by atoms with van der Waals surface area (Å²) in [6.45, 7) is 9.02. The molecule has 1 rings (SSSR count). The Bertz CT molecular complexity index is 618. The molecule has 0 radical (unpaired) electrons. The van der Waals surface area contributed by atoms with Crippen molar-refractivity contribution >= 4 is 12.1 Å². The zero-order chi connectivity index (χ0) is 20.6. The second-order valence-corrected chi connectivity index (χ2v) is 7.56. The Morgan fingerprint density at radius 1 is 1.15 bits per heavy atom. The third-order valence-corrected chi connectivity index (χ3v) is 5.03. The quantitative estimate of drug-likeness (QED) is 0.644. The molecule has 0 spiro atoms. The van der Waals surface area contributed by atoms with Gasteiger partial charge in [0, 0.05) is 6.54 Å². The maximum atomic E-state index is 12.2. The van der Waals surface area contributed by atoms with E-state index in [-0.39, 0.29) is 5.92 Å². The van der Waals surface area contributed by atoms with E-state index in [1.807, 2.05) is 25.1 Å². The number of aliphatic carboxylic acids is 1. The molecule has 1 aromatic carbocycles. The molecule has 4 atom stereocenters. The Hall–Kier alpha value is -2.08. The number of hydrogen-bond acceptors (Lipinski definition) is 4. The number of nitrogens with zero attached hydrogens (tertiary/aromatic N) is 1. The SMILES string of the molecule is CCC(C)C(NC(=O)Oc1cccc(C(CC)C(C)CN(C)C)c1)C(=O)O. The van der Waals surface area contributed by atoms with Gasteiger partial charge in [0.2, 0.25) is 0 Å². The molecule has 0 fully saturated rings. The number of rotatable bonds is 10. The number of carboxylic acids is 1. The van der Waals surface area contributed by atoms with E-state index in [0.29, 0.717) is 24.0 Å². The summed E-state index contributed by atoms with van der Waals surface area (Å²) in [7, 11) is 4.12. The number of nitrogens with one attached hydrogen (secondary N) is 1. The van der Waals surface area contributed by atoms with Gasteiger partial charge in [0.1, 0.15) is 11.8 Å². The average Bonchev–Trinajstić information content (AvgIpc) is 2.59. The first-order chi connectivity index (χ1) is 12.7. The Balaban J connectivity index is 2.86. The van der Waals surface area contributed by atoms with Crippen LogP contribution in [0.25, 0.3) is 0 Å². The fourth-order valence-corrected chi connectivity index (χ4v) is 3.43. The molecule has 152 valence electrons. The third kappa shape index (κ3) is 7.21. The van der Waals surface area contributed by atoms with Gasteiger partial charge in [0.15, 0.2) is 0 Å². The first-order valence-electron chi connectivity index (χ1n) is 9.65. The molecular weight excluding hydrogens is 344 g/mol. The molecule has 0 bridgehead atoms. The van der Waals surface area contributed by atoms with Crippen LogP contribution < -0.4 is 10.1 Å². The smallest absolute Gasteiger partial charge is 0.413 e. The lowest BCUT2D eigenvalue weighted by molar-refractivity contribution is -0.140. The Morgan fingerprint density at radius 3 is 2.33 bits per heavy atom. The van der Waals surface area contributed by atoms with Crippen LogP contribution in [0.2, 0.25) is 0 Å². The first-order valence-corrected chi connectivity index (χ1v) is 9.65. The summed E-state index contributed by atoms with van der Waals surface area (Å²) < 4.78 is 5.36. The fourth-order valence-electron chi connectivity index (χ4n) is 3.43. The molecule has 0 heterocycles. The molecule has 0 aliphatic carbocycles. The lowest BCUT2D eigenvalue weighted by Gasteiger charge is -2.26. The zero-order valence-electron chi connectivity index (χ0n) is 17.4. The highest BCUT2D eigenvalue weighted by Crippen LogP contribution is 2.30. The Kier molecular flexibility index (Phi) is 9.29. The van der Waals surface area contributed by atoms with Crippen LogP contribution in [0, 0.1) is 11.8 Å². The molecule has 1 amide bonds. The molecule has 6 heteroatoms. The molecular formula is C21H34N2O4. The maximum Gasteiger partial charge on any atom is 0.413 e. The highest BCUT2D eigenvalue weighted by molar-refractivity contribution is 5.81. The van der Waals surface area contributed by atoms with E-state index >= 15 is 0 Å². The van der Waals surface area contributed by atoms with Crippen LogP contribution in [0.1, 0.15) is 52.0 Å². The summed E-state index contributed by atoms with van der Waals surface area (Å²) in [5.41, 5.74) is 1.12. The van der Waals surface area contributed by atoms with Gasteiger partial charge in [-0.3, -0.25) is 0 Å². The highest BCUT2D eigenvalue weighted by atomic mass is 16.6. The third-order valence-electron chi connectivity index (χ3n) is 5.03. The van der Waals surface area contributed by atoms with Crippen molar-refractivity contribution in [3.63, 3.8) is 0 Å². The normalized spacial score (nSPS) is 15.7. The number of benzene rings is 1. The van der Waals surface area contributed by atoms with E-state index in [1.165, 1.54) is 0 Å². The van der Waals surface area contributed by atoms with Crippen molar-refractivity contribution in [1.82, 2.24) is 10.2 Å². The van der Waals surface area contributed by atoms with Crippen molar-refractivity contribution in [2.75, 3.05) is 20.6 Å². The Morgan fingerprint density at radius 2 is 1.81 bits per heavy atom. The minimum absolute atomic E-state index is 0.183. The Labute approximate surface area is 162 Å². The van der Waals surface area contributed by atoms with Crippen LogP contribution in [-0.2, 0) is 4.79 Å². The van der Waals surface area contributed by atoms with Crippen molar-refractivity contribution in [2.24, 2.45) is 11.8 Å². The number of hydrogen-bond donors (Lipinski definition) is 2. The number of carbonyl (C=O) groups excluding carboxylic acids is 1. The van der Waals surface area contributed by atoms with E-state index in [1.54, 1.807) is 13.0 Å². The number of carboxylic acid groups (broad SMARTS) is 1. The summed E-state index contributed by atoms with van der Waals surface area (Å²) in [4.78, 5) is 25.7. The number of amides is 1. The first kappa shape index (κ1) is 23.0. The molecule has 0 aliphatic heterocycles. The predicted octanol–water partition coefficient (Wildman–Crippen LogP) is 3.97. The van der Waals surface area contributed by atoms with Crippen LogP contribution in [0.5, 0.6) is 5.75 Å². The van der Waals surface area contributed by atoms with Gasteiger partial charge in [-0.1, -0.05) is 46.2 Å². The molecule has 1 aromatic rings. The second kappa shape index (κ2) is 10.9. The maximum absolute atomic E-state index is 12.2. The van der Waals surface area contributed by atoms with Crippen LogP contribution in [0.15, 0.2) is 24.3 Å². The van der Waals surface area contributed by atoms with E-state index < -0.39 is 18.1 Å². The standard InChI is InChI=1S/C21H34N2O4/c1-7-14(3)19(20(24)25)22-21(26)27-17-11-9-10-16(12-17)18(8-2)15(4)13-23(5)6/h9-12,14-15,18-19H,7-8,13H2,1-6H3,(H,22,26)(H,24,25). The summed E-state index contributed by atoms with van der Waals surface area (Å²) in [6.07, 6.45) is 0.892. The van der Waals surface area contributed by atoms with Gasteiger partial charge < -0.3 is 20.1 Å². The van der Waals surface area contributed by atoms with Crippen LogP contribution >= 0.6 is 0 Å². The summed E-state index contributed by atoms with van der Waals surface area (Å²) in [6, 6.07) is 6.54. The van der Waals surface area contributed by atoms with Gasteiger partial charge >= 0.3 is 12.1 Å². The fraction of sp³-hybridized carbons (Fsp3) is 0.619. The predicted molar refractivity (Wildman–Crippen MR) is 107 cm³/mol. The van der Waals surface area contributed by atoms with Crippen molar-refractivity contribution in [2.45, 2.75) is 52.5 Å². The average molecular weight is 379 g/mol. The van der Waals surface area contributed by atoms with Gasteiger partial charge in [-0.05, 0) is 56.0 Å². The van der Waals surface area contributed by atoms with Gasteiger partial charge in [0.05, 0.1) is 0 Å². The van der Waals surface area contributed by atoms with Gasteiger partial charge in [-0.15, -0.1) is 0 Å². The van der Waals surface area contributed by atoms with Gasteiger partial charge in [0.25, 0.3) is 0 Å². The molecule has 27 heavy (non-hydrogen) atoms. The van der Waals surface area contributed by atoms with Crippen LogP contribution in [0.3, 0.4) is 0 Å². The molecule has 4 unspecified atom stereocenters. The van der Waals surface area contributed by atoms with E-state index in [0.717, 1.165) is 18.5 Å². The summed E-state index contributed by atoms with van der Waals surface area (Å²) in [5.74, 6) is -0.00750. The molecule has 0 aliphatic rings. The largest absolute Gasteiger partial charge is 0.480 e. The minimum Gasteiger partial charge on any atom is -0.480 e. The highest BCUT2D eigenvalue weighted by Gasteiger charge is 2.26. The minimum atomic E-state index is -1.06. The van der Waals surface area contributed by atoms with Crippen molar-refractivity contribution < 1.29 is 19.4 Å². The van der Waals surface area contributed by atoms with E-state index in [9.17, 15) is 14.7 Å². The molecule has 0 aromatic heterocycles. The molecule has 0 saturated heterocycles. The number of ether oxygens (including phenoxy) is 1. The van der Waals surface area contributed by atoms with Crippen LogP contribution in [-0.4, -0.2) is 48.8 Å². The van der Waals surface area contributed by atoms with Crippen LogP contribution in [0.4, 0.5) is 4.79 Å². The van der Waals surface area contributed by atoms with E-state index in [2.05, 4.69) is 38.2 Å². The van der Waals surface area contributed by atoms with Gasteiger partial charge in [-0.25, -0.2) is 9.59 Å². The monoisotopic (exact) mass is 378 g/mol. The lowest BCUT2D eigenvalue weighted by atomic mass is 9.85. The summed E-state index contributed by atoms with van der Waals surface area (Å²) in [5, 5.41) is 11.8. The topological polar surface area (TPSA) is 78.9 Å². The zero-order valence-corrected chi connectivity index (χ0v) is 17.4. The summed E-state index contributed by atoms with van der Waals surface area (Å²) >= 11 is 0.